The average molecular weight is 305 g/mol. The van der Waals surface area contributed by atoms with Crippen molar-refractivity contribution in [1.29, 1.82) is 0 Å². The largest absolute Gasteiger partial charge is 0.416 e. The highest BCUT2D eigenvalue weighted by Gasteiger charge is 2.30. The van der Waals surface area contributed by atoms with Crippen molar-refractivity contribution in [2.45, 2.75) is 19.2 Å². The summed E-state index contributed by atoms with van der Waals surface area (Å²) in [5.41, 5.74) is -0.752. The number of carbonyl (C=O) groups excluding carboxylic acids is 1. The first-order valence-corrected chi connectivity index (χ1v) is 6.40. The van der Waals surface area contributed by atoms with Crippen molar-refractivity contribution in [3.8, 4) is 0 Å². The number of alkyl halides is 3. The van der Waals surface area contributed by atoms with Crippen molar-refractivity contribution in [3.05, 3.63) is 29.8 Å². The van der Waals surface area contributed by atoms with E-state index in [4.69, 9.17) is 5.11 Å². The van der Waals surface area contributed by atoms with E-state index >= 15 is 0 Å². The zero-order chi connectivity index (χ0) is 15.9. The fraction of sp³-hybridized carbons (Fsp3) is 0.462. The van der Waals surface area contributed by atoms with Crippen LogP contribution in [0.25, 0.3) is 0 Å². The van der Waals surface area contributed by atoms with E-state index in [9.17, 15) is 18.0 Å². The van der Waals surface area contributed by atoms with Crippen LogP contribution in [0.5, 0.6) is 0 Å². The Morgan fingerprint density at radius 3 is 2.67 bits per heavy atom. The third kappa shape index (κ3) is 6.96. The average Bonchev–Trinajstić information content (AvgIpc) is 2.37. The number of carbonyl (C=O) groups is 1. The van der Waals surface area contributed by atoms with E-state index in [1.807, 2.05) is 0 Å². The van der Waals surface area contributed by atoms with Gasteiger partial charge in [-0.1, -0.05) is 6.07 Å². The van der Waals surface area contributed by atoms with E-state index in [-0.39, 0.29) is 12.2 Å². The van der Waals surface area contributed by atoms with Crippen molar-refractivity contribution in [1.82, 2.24) is 10.6 Å². The number of anilines is 1. The van der Waals surface area contributed by atoms with Crippen LogP contribution in [0.1, 0.15) is 12.5 Å². The highest BCUT2D eigenvalue weighted by atomic mass is 19.4. The van der Waals surface area contributed by atoms with Crippen LogP contribution in [0.2, 0.25) is 0 Å². The Kier molecular flexibility index (Phi) is 6.44. The fourth-order valence-electron chi connectivity index (χ4n) is 1.52. The summed E-state index contributed by atoms with van der Waals surface area (Å²) in [6.07, 6.45) is -4.93. The third-order valence-corrected chi connectivity index (χ3v) is 2.47. The maximum Gasteiger partial charge on any atom is 0.416 e. The molecule has 0 aliphatic carbocycles. The number of hydrogen-bond donors (Lipinski definition) is 4. The Morgan fingerprint density at radius 1 is 1.33 bits per heavy atom. The molecule has 0 saturated carbocycles. The normalized spacial score (nSPS) is 12.8. The van der Waals surface area contributed by atoms with Gasteiger partial charge in [0.25, 0.3) is 0 Å². The van der Waals surface area contributed by atoms with Gasteiger partial charge in [-0.2, -0.15) is 13.2 Å². The second-order valence-electron chi connectivity index (χ2n) is 4.51. The van der Waals surface area contributed by atoms with Crippen LogP contribution in [-0.2, 0) is 6.18 Å². The molecule has 2 amide bonds. The van der Waals surface area contributed by atoms with Crippen LogP contribution in [0.4, 0.5) is 23.7 Å². The highest BCUT2D eigenvalue weighted by Crippen LogP contribution is 2.30. The molecule has 1 rings (SSSR count). The number of hydrogen-bond acceptors (Lipinski definition) is 3. The molecule has 21 heavy (non-hydrogen) atoms. The van der Waals surface area contributed by atoms with Gasteiger partial charge in [0, 0.05) is 25.3 Å². The first-order valence-electron chi connectivity index (χ1n) is 6.40. The minimum Gasteiger partial charge on any atom is -0.392 e. The van der Waals surface area contributed by atoms with Gasteiger partial charge in [-0.3, -0.25) is 0 Å². The van der Waals surface area contributed by atoms with E-state index in [1.54, 1.807) is 6.92 Å². The van der Waals surface area contributed by atoms with Gasteiger partial charge >= 0.3 is 12.2 Å². The molecule has 0 aromatic heterocycles. The minimum absolute atomic E-state index is 0.0688. The van der Waals surface area contributed by atoms with Gasteiger partial charge in [-0.25, -0.2) is 4.79 Å². The summed E-state index contributed by atoms with van der Waals surface area (Å²) in [6.45, 7) is 2.76. The summed E-state index contributed by atoms with van der Waals surface area (Å²) < 4.78 is 37.5. The standard InChI is InChI=1S/C13H18F3N3O2/c1-9(20)8-17-5-6-18-12(21)19-11-4-2-3-10(7-11)13(14,15)16/h2-4,7,9,17,20H,5-6,8H2,1H3,(H2,18,19,21). The van der Waals surface area contributed by atoms with Crippen LogP contribution in [-0.4, -0.2) is 36.9 Å². The summed E-state index contributed by atoms with van der Waals surface area (Å²) in [5.74, 6) is 0. The molecule has 0 aliphatic heterocycles. The predicted molar refractivity (Wildman–Crippen MR) is 73.0 cm³/mol. The van der Waals surface area contributed by atoms with Crippen LogP contribution in [0.3, 0.4) is 0 Å². The number of aliphatic hydroxyl groups excluding tert-OH is 1. The van der Waals surface area contributed by atoms with E-state index in [1.165, 1.54) is 12.1 Å². The molecule has 0 spiro atoms. The summed E-state index contributed by atoms with van der Waals surface area (Å²) in [7, 11) is 0. The number of urea groups is 1. The van der Waals surface area contributed by atoms with E-state index in [0.717, 1.165) is 12.1 Å². The molecule has 0 saturated heterocycles. The molecule has 118 valence electrons. The smallest absolute Gasteiger partial charge is 0.392 e. The Balaban J connectivity index is 2.38. The second kappa shape index (κ2) is 7.84. The Morgan fingerprint density at radius 2 is 2.05 bits per heavy atom. The van der Waals surface area contributed by atoms with Gasteiger partial charge in [0.2, 0.25) is 0 Å². The molecule has 0 bridgehead atoms. The lowest BCUT2D eigenvalue weighted by atomic mass is 10.2. The number of benzene rings is 1. The zero-order valence-corrected chi connectivity index (χ0v) is 11.5. The van der Waals surface area contributed by atoms with E-state index in [2.05, 4.69) is 16.0 Å². The minimum atomic E-state index is -4.45. The van der Waals surface area contributed by atoms with Gasteiger partial charge in [-0.15, -0.1) is 0 Å². The maximum atomic E-state index is 12.5. The molecule has 0 radical (unpaired) electrons. The molecule has 1 aromatic rings. The van der Waals surface area contributed by atoms with Gasteiger partial charge in [-0.05, 0) is 25.1 Å². The number of aliphatic hydroxyl groups is 1. The first-order chi connectivity index (χ1) is 9.79. The van der Waals surface area contributed by atoms with Gasteiger partial charge < -0.3 is 21.1 Å². The molecule has 1 unspecified atom stereocenters. The molecule has 5 nitrogen and oxygen atoms in total. The van der Waals surface area contributed by atoms with E-state index in [0.29, 0.717) is 13.1 Å². The SMILES string of the molecule is CC(O)CNCCNC(=O)Nc1cccc(C(F)(F)F)c1. The maximum absolute atomic E-state index is 12.5. The van der Waals surface area contributed by atoms with Crippen molar-refractivity contribution in [2.24, 2.45) is 0 Å². The molecule has 1 atom stereocenters. The topological polar surface area (TPSA) is 73.4 Å². The van der Waals surface area contributed by atoms with Gasteiger partial charge in [0.1, 0.15) is 0 Å². The van der Waals surface area contributed by atoms with E-state index < -0.39 is 23.9 Å². The monoisotopic (exact) mass is 305 g/mol. The van der Waals surface area contributed by atoms with Crippen LogP contribution in [0, 0.1) is 0 Å². The number of halogens is 3. The van der Waals surface area contributed by atoms with Gasteiger partial charge in [0.15, 0.2) is 0 Å². The summed E-state index contributed by atoms with van der Waals surface area (Å²) >= 11 is 0. The quantitative estimate of drug-likeness (QED) is 0.606. The second-order valence-corrected chi connectivity index (χ2v) is 4.51. The molecule has 1 aromatic carbocycles. The molecule has 0 fully saturated rings. The lowest BCUT2D eigenvalue weighted by molar-refractivity contribution is -0.137. The third-order valence-electron chi connectivity index (χ3n) is 2.47. The molecule has 8 heteroatoms. The number of amides is 2. The lowest BCUT2D eigenvalue weighted by Crippen LogP contribution is -2.36. The fourth-order valence-corrected chi connectivity index (χ4v) is 1.52. The molecular weight excluding hydrogens is 287 g/mol. The lowest BCUT2D eigenvalue weighted by Gasteiger charge is -2.11. The van der Waals surface area contributed by atoms with Crippen molar-refractivity contribution in [2.75, 3.05) is 25.0 Å². The number of nitrogens with one attached hydrogen (secondary N) is 3. The Bertz CT molecular complexity index is 464. The number of rotatable bonds is 6. The van der Waals surface area contributed by atoms with Gasteiger partial charge in [0.05, 0.1) is 11.7 Å². The predicted octanol–water partition coefficient (Wildman–Crippen LogP) is 1.80. The van der Waals surface area contributed by atoms with Crippen LogP contribution in [0.15, 0.2) is 24.3 Å². The van der Waals surface area contributed by atoms with Crippen molar-refractivity contribution >= 4 is 11.7 Å². The zero-order valence-electron chi connectivity index (χ0n) is 11.5. The summed E-state index contributed by atoms with van der Waals surface area (Å²) in [6, 6.07) is 3.81. The summed E-state index contributed by atoms with van der Waals surface area (Å²) in [4.78, 5) is 11.5. The molecule has 0 heterocycles. The molecular formula is C13H18F3N3O2. The van der Waals surface area contributed by atoms with Crippen LogP contribution >= 0.6 is 0 Å². The molecule has 0 aliphatic rings. The Hall–Kier alpha value is -1.80. The van der Waals surface area contributed by atoms with Crippen molar-refractivity contribution in [3.63, 3.8) is 0 Å². The highest BCUT2D eigenvalue weighted by molar-refractivity contribution is 5.89. The first kappa shape index (κ1) is 17.3. The molecule has 4 N–H and O–H groups in total. The van der Waals surface area contributed by atoms with Crippen molar-refractivity contribution < 1.29 is 23.1 Å². The Labute approximate surface area is 120 Å². The summed E-state index contributed by atoms with van der Waals surface area (Å²) in [5, 5.41) is 16.7. The van der Waals surface area contributed by atoms with Crippen LogP contribution < -0.4 is 16.0 Å².